The Kier molecular flexibility index (Phi) is 7.31. The Balaban J connectivity index is 2.16. The second kappa shape index (κ2) is 8.99. The first-order valence-electron chi connectivity index (χ1n) is 7.26. The summed E-state index contributed by atoms with van der Waals surface area (Å²) < 4.78 is 5.40. The average Bonchev–Trinajstić information content (AvgIpc) is 2.54. The standard InChI is InChI=1S/C15H20Cl2N2O2S/c16-12-2-1-11(9-13(12)17)14(10-15(20)18-3-8-22)19-4-6-21-7-5-19/h1-2,9,14,22H,3-8,10H2,(H,18,20). The van der Waals surface area contributed by atoms with Crippen molar-refractivity contribution in [3.63, 3.8) is 0 Å². The Morgan fingerprint density at radius 2 is 2.05 bits per heavy atom. The Labute approximate surface area is 146 Å². The summed E-state index contributed by atoms with van der Waals surface area (Å²) in [6, 6.07) is 5.52. The van der Waals surface area contributed by atoms with Crippen LogP contribution in [0.25, 0.3) is 0 Å². The van der Waals surface area contributed by atoms with Gasteiger partial charge in [-0.3, -0.25) is 9.69 Å². The molecule has 0 aliphatic carbocycles. The van der Waals surface area contributed by atoms with Crippen LogP contribution in [0.2, 0.25) is 10.0 Å². The highest BCUT2D eigenvalue weighted by Gasteiger charge is 2.25. The molecule has 0 aromatic heterocycles. The lowest BCUT2D eigenvalue weighted by Crippen LogP contribution is -2.41. The zero-order chi connectivity index (χ0) is 15.9. The fourth-order valence-corrected chi connectivity index (χ4v) is 2.93. The minimum atomic E-state index is -0.0291. The summed E-state index contributed by atoms with van der Waals surface area (Å²) >= 11 is 16.2. The minimum Gasteiger partial charge on any atom is -0.379 e. The molecular formula is C15H20Cl2N2O2S. The van der Waals surface area contributed by atoms with E-state index in [1.807, 2.05) is 12.1 Å². The van der Waals surface area contributed by atoms with Gasteiger partial charge in [0.1, 0.15) is 0 Å². The summed E-state index contributed by atoms with van der Waals surface area (Å²) in [7, 11) is 0. The zero-order valence-corrected chi connectivity index (χ0v) is 14.6. The predicted molar refractivity (Wildman–Crippen MR) is 93.1 cm³/mol. The van der Waals surface area contributed by atoms with Gasteiger partial charge in [0.05, 0.1) is 23.3 Å². The largest absolute Gasteiger partial charge is 0.379 e. The molecule has 2 rings (SSSR count). The van der Waals surface area contributed by atoms with Gasteiger partial charge in [-0.15, -0.1) is 0 Å². The predicted octanol–water partition coefficient (Wildman–Crippen LogP) is 2.80. The van der Waals surface area contributed by atoms with Crippen LogP contribution in [0.3, 0.4) is 0 Å². The maximum Gasteiger partial charge on any atom is 0.221 e. The first-order valence-corrected chi connectivity index (χ1v) is 8.65. The molecule has 1 amide bonds. The molecule has 1 aromatic carbocycles. The third-order valence-electron chi connectivity index (χ3n) is 3.63. The van der Waals surface area contributed by atoms with Crippen LogP contribution in [-0.4, -0.2) is 49.4 Å². The third kappa shape index (κ3) is 5.03. The summed E-state index contributed by atoms with van der Waals surface area (Å²) in [6.45, 7) is 3.51. The van der Waals surface area contributed by atoms with Gasteiger partial charge < -0.3 is 10.1 Å². The van der Waals surface area contributed by atoms with E-state index in [2.05, 4.69) is 22.8 Å². The maximum atomic E-state index is 12.1. The lowest BCUT2D eigenvalue weighted by Gasteiger charge is -2.34. The van der Waals surface area contributed by atoms with Gasteiger partial charge in [-0.05, 0) is 17.7 Å². The summed E-state index contributed by atoms with van der Waals surface area (Å²) in [4.78, 5) is 14.4. The van der Waals surface area contributed by atoms with E-state index in [1.165, 1.54) is 0 Å². The number of carbonyl (C=O) groups excluding carboxylic acids is 1. The Morgan fingerprint density at radius 3 is 2.68 bits per heavy atom. The smallest absolute Gasteiger partial charge is 0.221 e. The van der Waals surface area contributed by atoms with Gasteiger partial charge in [-0.1, -0.05) is 29.3 Å². The first-order chi connectivity index (χ1) is 10.6. The van der Waals surface area contributed by atoms with Gasteiger partial charge in [0, 0.05) is 37.8 Å². The molecule has 0 bridgehead atoms. The van der Waals surface area contributed by atoms with E-state index in [9.17, 15) is 4.79 Å². The van der Waals surface area contributed by atoms with Gasteiger partial charge in [-0.2, -0.15) is 12.6 Å². The minimum absolute atomic E-state index is 0.0108. The number of morpholine rings is 1. The molecule has 1 aromatic rings. The Bertz CT molecular complexity index is 510. The summed E-state index contributed by atoms with van der Waals surface area (Å²) in [5.41, 5.74) is 0.998. The number of hydrogen-bond acceptors (Lipinski definition) is 4. The number of hydrogen-bond donors (Lipinski definition) is 2. The van der Waals surface area contributed by atoms with Crippen molar-refractivity contribution in [2.75, 3.05) is 38.6 Å². The van der Waals surface area contributed by atoms with Crippen LogP contribution in [-0.2, 0) is 9.53 Å². The van der Waals surface area contributed by atoms with Crippen molar-refractivity contribution in [1.82, 2.24) is 10.2 Å². The number of halogens is 2. The van der Waals surface area contributed by atoms with Gasteiger partial charge in [0.25, 0.3) is 0 Å². The molecule has 1 fully saturated rings. The van der Waals surface area contributed by atoms with Crippen LogP contribution in [0, 0.1) is 0 Å². The van der Waals surface area contributed by atoms with E-state index in [0.717, 1.165) is 18.7 Å². The SMILES string of the molecule is O=C(CC(c1ccc(Cl)c(Cl)c1)N1CCOCC1)NCCS. The molecule has 1 saturated heterocycles. The molecule has 1 atom stereocenters. The number of nitrogens with one attached hydrogen (secondary N) is 1. The van der Waals surface area contributed by atoms with Crippen molar-refractivity contribution < 1.29 is 9.53 Å². The number of amides is 1. The second-order valence-corrected chi connectivity index (χ2v) is 6.38. The Morgan fingerprint density at radius 1 is 1.32 bits per heavy atom. The highest BCUT2D eigenvalue weighted by molar-refractivity contribution is 7.80. The van der Waals surface area contributed by atoms with Crippen LogP contribution in [0.5, 0.6) is 0 Å². The molecule has 1 aliphatic rings. The van der Waals surface area contributed by atoms with Crippen molar-refractivity contribution in [2.24, 2.45) is 0 Å². The molecule has 0 radical (unpaired) electrons. The molecule has 1 heterocycles. The lowest BCUT2D eigenvalue weighted by atomic mass is 10.0. The summed E-state index contributed by atoms with van der Waals surface area (Å²) in [6.07, 6.45) is 0.381. The highest BCUT2D eigenvalue weighted by Crippen LogP contribution is 2.30. The van der Waals surface area contributed by atoms with Gasteiger partial charge in [0.2, 0.25) is 5.91 Å². The van der Waals surface area contributed by atoms with Crippen molar-refractivity contribution in [2.45, 2.75) is 12.5 Å². The van der Waals surface area contributed by atoms with Crippen molar-refractivity contribution in [1.29, 1.82) is 0 Å². The molecule has 1 unspecified atom stereocenters. The highest BCUT2D eigenvalue weighted by atomic mass is 35.5. The number of thiol groups is 1. The third-order valence-corrected chi connectivity index (χ3v) is 4.59. The van der Waals surface area contributed by atoms with Gasteiger partial charge in [0.15, 0.2) is 0 Å². The normalized spacial score (nSPS) is 17.2. The second-order valence-electron chi connectivity index (χ2n) is 5.12. The average molecular weight is 363 g/mol. The molecule has 0 spiro atoms. The van der Waals surface area contributed by atoms with Crippen LogP contribution in [0.15, 0.2) is 18.2 Å². The number of benzene rings is 1. The Hall–Kier alpha value is -0.460. The molecule has 4 nitrogen and oxygen atoms in total. The van der Waals surface area contributed by atoms with E-state index < -0.39 is 0 Å². The quantitative estimate of drug-likeness (QED) is 0.764. The van der Waals surface area contributed by atoms with E-state index in [0.29, 0.717) is 42.0 Å². The molecular weight excluding hydrogens is 343 g/mol. The fraction of sp³-hybridized carbons (Fsp3) is 0.533. The van der Waals surface area contributed by atoms with Crippen LogP contribution < -0.4 is 5.32 Å². The molecule has 1 N–H and O–H groups in total. The van der Waals surface area contributed by atoms with Gasteiger partial charge >= 0.3 is 0 Å². The zero-order valence-electron chi connectivity index (χ0n) is 12.2. The molecule has 122 valence electrons. The van der Waals surface area contributed by atoms with Crippen LogP contribution >= 0.6 is 35.8 Å². The van der Waals surface area contributed by atoms with Crippen LogP contribution in [0.4, 0.5) is 0 Å². The number of nitrogens with zero attached hydrogens (tertiary/aromatic N) is 1. The van der Waals surface area contributed by atoms with Crippen molar-refractivity contribution in [3.05, 3.63) is 33.8 Å². The maximum absolute atomic E-state index is 12.1. The van der Waals surface area contributed by atoms with Gasteiger partial charge in [-0.25, -0.2) is 0 Å². The van der Waals surface area contributed by atoms with E-state index in [1.54, 1.807) is 6.07 Å². The summed E-state index contributed by atoms with van der Waals surface area (Å²) in [5.74, 6) is 0.636. The number of rotatable bonds is 6. The molecule has 7 heteroatoms. The topological polar surface area (TPSA) is 41.6 Å². The lowest BCUT2D eigenvalue weighted by molar-refractivity contribution is -0.122. The molecule has 0 saturated carbocycles. The fourth-order valence-electron chi connectivity index (χ4n) is 2.51. The molecule has 1 aliphatic heterocycles. The van der Waals surface area contributed by atoms with Crippen LogP contribution in [0.1, 0.15) is 18.0 Å². The monoisotopic (exact) mass is 362 g/mol. The van der Waals surface area contributed by atoms with E-state index >= 15 is 0 Å². The van der Waals surface area contributed by atoms with E-state index in [4.69, 9.17) is 27.9 Å². The summed E-state index contributed by atoms with van der Waals surface area (Å²) in [5, 5.41) is 3.89. The van der Waals surface area contributed by atoms with Crippen molar-refractivity contribution in [3.8, 4) is 0 Å². The number of carbonyl (C=O) groups is 1. The number of ether oxygens (including phenoxy) is 1. The van der Waals surface area contributed by atoms with E-state index in [-0.39, 0.29) is 11.9 Å². The first kappa shape index (κ1) is 17.9. The van der Waals surface area contributed by atoms with Crippen molar-refractivity contribution >= 4 is 41.7 Å². The molecule has 22 heavy (non-hydrogen) atoms.